The Labute approximate surface area is 276 Å². The molecule has 1 aliphatic heterocycles. The van der Waals surface area contributed by atoms with Gasteiger partial charge in [0.1, 0.15) is 5.96 Å². The van der Waals surface area contributed by atoms with E-state index in [0.717, 1.165) is 44.1 Å². The van der Waals surface area contributed by atoms with Crippen molar-refractivity contribution in [1.29, 1.82) is 0 Å². The van der Waals surface area contributed by atoms with Gasteiger partial charge in [0.2, 0.25) is 0 Å². The second kappa shape index (κ2) is 10.5. The van der Waals surface area contributed by atoms with Gasteiger partial charge in [-0.05, 0) is 58.3 Å². The highest BCUT2D eigenvalue weighted by molar-refractivity contribution is 6.27. The highest BCUT2D eigenvalue weighted by atomic mass is 15.3. The Bertz CT molecular complexity index is 2740. The molecule has 9 aromatic rings. The molecule has 0 fully saturated rings. The Morgan fingerprint density at radius 3 is 1.96 bits per heavy atom. The Kier molecular flexibility index (Phi) is 5.87. The number of hydrogen-bond acceptors (Lipinski definition) is 2. The lowest BCUT2D eigenvalue weighted by Crippen LogP contribution is -2.20. The van der Waals surface area contributed by atoms with E-state index in [1.807, 2.05) is 36.4 Å². The third-order valence-corrected chi connectivity index (χ3v) is 9.48. The van der Waals surface area contributed by atoms with E-state index in [9.17, 15) is 0 Å². The normalized spacial score (nSPS) is 14.9. The number of amidine groups is 1. The van der Waals surface area contributed by atoms with Crippen LogP contribution in [0.15, 0.2) is 174 Å². The minimum absolute atomic E-state index is 0.420. The van der Waals surface area contributed by atoms with Crippen molar-refractivity contribution in [1.82, 2.24) is 9.13 Å². The third-order valence-electron chi connectivity index (χ3n) is 9.48. The van der Waals surface area contributed by atoms with Crippen LogP contribution in [0.25, 0.3) is 65.4 Å². The third kappa shape index (κ3) is 4.04. The number of rotatable bonds is 3. The summed E-state index contributed by atoms with van der Waals surface area (Å²) in [7, 11) is 0. The van der Waals surface area contributed by atoms with Gasteiger partial charge in [-0.2, -0.15) is 0 Å². The molecule has 0 amide bonds. The minimum Gasteiger partial charge on any atom is -0.438 e. The van der Waals surface area contributed by atoms with Crippen molar-refractivity contribution in [3.8, 4) is 5.69 Å². The molecule has 0 bridgehead atoms. The first kappa shape index (κ1) is 26.7. The molecular weight excluding hydrogens is 587 g/mol. The Morgan fingerprint density at radius 2 is 1.15 bits per heavy atom. The summed E-state index contributed by atoms with van der Waals surface area (Å²) in [5.74, 6) is 1.29. The molecule has 0 radical (unpaired) electrons. The molecule has 1 atom stereocenters. The first-order valence-electron chi connectivity index (χ1n) is 16.2. The molecule has 0 saturated carbocycles. The van der Waals surface area contributed by atoms with Gasteiger partial charge in [-0.3, -0.25) is 9.56 Å². The fourth-order valence-corrected chi connectivity index (χ4v) is 7.33. The topological polar surface area (TPSA) is 48.7 Å². The Morgan fingerprint density at radius 1 is 0.479 bits per heavy atom. The molecule has 1 aliphatic rings. The van der Waals surface area contributed by atoms with Gasteiger partial charge in [0.15, 0.2) is 0 Å². The molecule has 0 spiro atoms. The lowest BCUT2D eigenvalue weighted by atomic mass is 10.0. The van der Waals surface area contributed by atoms with Crippen molar-refractivity contribution in [2.24, 2.45) is 9.98 Å². The zero-order valence-electron chi connectivity index (χ0n) is 25.9. The van der Waals surface area contributed by atoms with Crippen LogP contribution >= 0.6 is 0 Å². The fraction of sp³-hybridized carbons (Fsp3) is 0.0233. The second-order valence-electron chi connectivity index (χ2n) is 12.2. The van der Waals surface area contributed by atoms with Crippen LogP contribution in [0.4, 0.5) is 0 Å². The molecule has 0 N–H and O–H groups in total. The van der Waals surface area contributed by atoms with Crippen LogP contribution in [-0.4, -0.2) is 20.9 Å². The summed E-state index contributed by atoms with van der Waals surface area (Å²) < 4.78 is 4.62. The van der Waals surface area contributed by atoms with Gasteiger partial charge in [-0.15, -0.1) is 0 Å². The van der Waals surface area contributed by atoms with Crippen LogP contribution in [0.2, 0.25) is 0 Å². The van der Waals surface area contributed by atoms with E-state index in [4.69, 9.17) is 15.3 Å². The molecule has 10 rings (SSSR count). The van der Waals surface area contributed by atoms with Gasteiger partial charge < -0.3 is 14.9 Å². The van der Waals surface area contributed by atoms with E-state index in [1.165, 1.54) is 27.1 Å². The highest BCUT2D eigenvalue weighted by Gasteiger charge is 2.21. The predicted molar refractivity (Wildman–Crippen MR) is 200 cm³/mol. The molecule has 2 aromatic heterocycles. The molecule has 1 unspecified atom stereocenters. The molecule has 226 valence electrons. The van der Waals surface area contributed by atoms with Crippen molar-refractivity contribution < 1.29 is 0 Å². The van der Waals surface area contributed by atoms with Crippen LogP contribution < -0.4 is 0 Å². The maximum absolute atomic E-state index is 5.23. The van der Waals surface area contributed by atoms with Gasteiger partial charge in [0.05, 0.1) is 28.2 Å². The number of para-hydroxylation sites is 2. The first-order chi connectivity index (χ1) is 23.8. The van der Waals surface area contributed by atoms with Gasteiger partial charge in [-0.1, -0.05) is 133 Å². The van der Waals surface area contributed by atoms with E-state index in [1.54, 1.807) is 0 Å². The molecule has 7 aromatic carbocycles. The lowest BCUT2D eigenvalue weighted by molar-refractivity contribution is 0.864. The number of aliphatic imine (C=N–C) groups is 2. The summed E-state index contributed by atoms with van der Waals surface area (Å²) in [6, 6.07) is 57.6. The number of aromatic nitrogens is 2. The molecule has 5 heteroatoms. The Hall–Kier alpha value is -6.46. The van der Waals surface area contributed by atoms with Crippen LogP contribution in [0.5, 0.6) is 0 Å². The zero-order valence-corrected chi connectivity index (χ0v) is 25.9. The summed E-state index contributed by atoms with van der Waals surface area (Å²) >= 11 is 0. The molecule has 3 heterocycles. The fourth-order valence-electron chi connectivity index (χ4n) is 7.33. The van der Waals surface area contributed by atoms with Crippen molar-refractivity contribution >= 4 is 66.2 Å². The van der Waals surface area contributed by atoms with E-state index in [-0.39, 0.29) is 0 Å². The largest absolute Gasteiger partial charge is 0.438 e. The lowest BCUT2D eigenvalue weighted by Gasteiger charge is -2.32. The standard InChI is InChI=1S/C43H28N5/c1-4-15-29(16-5-1)41-44-42(30-17-6-2-7-18-30)46-43(45-41)48-36-23-13-12-22-33(36)34-26-35-39(27-38(34)48)47(31-19-8-3-9-20-31)37-25-24-28-14-10-11-21-32(28)40(35)37/h1-27,41H/q-1. The monoisotopic (exact) mass is 614 g/mol. The van der Waals surface area contributed by atoms with Gasteiger partial charge in [-0.25, -0.2) is 0 Å². The van der Waals surface area contributed by atoms with Crippen LogP contribution in [0.1, 0.15) is 17.3 Å². The first-order valence-corrected chi connectivity index (χ1v) is 16.2. The predicted octanol–water partition coefficient (Wildman–Crippen LogP) is 10.8. The second-order valence-corrected chi connectivity index (χ2v) is 12.2. The van der Waals surface area contributed by atoms with Crippen LogP contribution in [0.3, 0.4) is 0 Å². The zero-order chi connectivity index (χ0) is 31.6. The molecule has 5 nitrogen and oxygen atoms in total. The number of benzene rings is 7. The van der Waals surface area contributed by atoms with E-state index in [0.29, 0.717) is 11.8 Å². The molecule has 0 aliphatic carbocycles. The van der Waals surface area contributed by atoms with Crippen LogP contribution in [-0.2, 0) is 0 Å². The van der Waals surface area contributed by atoms with E-state index < -0.39 is 6.17 Å². The minimum atomic E-state index is -0.420. The maximum Gasteiger partial charge on any atom is 0.123 e. The maximum atomic E-state index is 5.23. The smallest absolute Gasteiger partial charge is 0.123 e. The average molecular weight is 615 g/mol. The average Bonchev–Trinajstić information content (AvgIpc) is 3.67. The summed E-state index contributed by atoms with van der Waals surface area (Å²) in [6.45, 7) is 0. The van der Waals surface area contributed by atoms with Crippen molar-refractivity contribution in [3.05, 3.63) is 180 Å². The summed E-state index contributed by atoms with van der Waals surface area (Å²) in [5.41, 5.74) is 7.54. The number of nitrogens with zero attached hydrogens (tertiary/aromatic N) is 5. The number of hydrogen-bond donors (Lipinski definition) is 0. The van der Waals surface area contributed by atoms with Crippen molar-refractivity contribution in [2.75, 3.05) is 0 Å². The molecular formula is C43H28N5-. The summed E-state index contributed by atoms with van der Waals surface area (Å²) in [5, 5.41) is 12.3. The quantitative estimate of drug-likeness (QED) is 0.190. The van der Waals surface area contributed by atoms with Crippen molar-refractivity contribution in [2.45, 2.75) is 6.17 Å². The van der Waals surface area contributed by atoms with Crippen LogP contribution in [0, 0.1) is 0 Å². The van der Waals surface area contributed by atoms with Crippen molar-refractivity contribution in [3.63, 3.8) is 0 Å². The Balaban J connectivity index is 1.33. The number of fused-ring (bicyclic) bond motifs is 8. The van der Waals surface area contributed by atoms with Gasteiger partial charge in [0.25, 0.3) is 0 Å². The highest BCUT2D eigenvalue weighted by Crippen LogP contribution is 2.41. The van der Waals surface area contributed by atoms with Gasteiger partial charge >= 0.3 is 0 Å². The summed E-state index contributed by atoms with van der Waals surface area (Å²) in [4.78, 5) is 10.4. The van der Waals surface area contributed by atoms with E-state index in [2.05, 4.69) is 137 Å². The van der Waals surface area contributed by atoms with E-state index >= 15 is 0 Å². The SMILES string of the molecule is c1ccc(C2=NC(n3c4ccccc4c4cc5c6c7ccccc7ccc6n(-c6ccccc6)c5cc43)=NC(c3ccccc3)[N-]2)cc1. The van der Waals surface area contributed by atoms with Gasteiger partial charge in [0, 0.05) is 27.2 Å². The molecule has 48 heavy (non-hydrogen) atoms. The molecule has 0 saturated heterocycles. The summed E-state index contributed by atoms with van der Waals surface area (Å²) in [6.07, 6.45) is -0.420.